The van der Waals surface area contributed by atoms with Crippen LogP contribution in [0.1, 0.15) is 28.8 Å². The van der Waals surface area contributed by atoms with E-state index in [0.29, 0.717) is 5.92 Å². The molecule has 0 spiro atoms. The Kier molecular flexibility index (Phi) is 4.04. The maximum absolute atomic E-state index is 12.5. The Morgan fingerprint density at radius 2 is 2.14 bits per heavy atom. The Morgan fingerprint density at radius 3 is 2.81 bits per heavy atom. The van der Waals surface area contributed by atoms with Crippen LogP contribution in [0.3, 0.4) is 0 Å². The third-order valence-corrected chi connectivity index (χ3v) is 4.19. The third-order valence-electron chi connectivity index (χ3n) is 4.19. The predicted octanol–water partition coefficient (Wildman–Crippen LogP) is 2.74. The van der Waals surface area contributed by atoms with Gasteiger partial charge in [0.1, 0.15) is 0 Å². The summed E-state index contributed by atoms with van der Waals surface area (Å²) in [7, 11) is 0. The number of imidazole rings is 1. The zero-order valence-corrected chi connectivity index (χ0v) is 12.4. The molecule has 2 heterocycles. The van der Waals surface area contributed by atoms with Crippen LogP contribution in [0, 0.1) is 12.8 Å². The summed E-state index contributed by atoms with van der Waals surface area (Å²) in [6.45, 7) is 4.74. The Bertz CT molecular complexity index is 598. The fourth-order valence-electron chi connectivity index (χ4n) is 2.97. The summed E-state index contributed by atoms with van der Waals surface area (Å²) in [6, 6.07) is 7.86. The second-order valence-electron chi connectivity index (χ2n) is 5.86. The molecule has 1 aliphatic rings. The van der Waals surface area contributed by atoms with E-state index in [1.165, 1.54) is 0 Å². The van der Waals surface area contributed by atoms with E-state index >= 15 is 0 Å². The summed E-state index contributed by atoms with van der Waals surface area (Å²) in [5, 5.41) is 0. The van der Waals surface area contributed by atoms with Crippen LogP contribution >= 0.6 is 0 Å². The van der Waals surface area contributed by atoms with Crippen LogP contribution in [0.5, 0.6) is 0 Å². The topological polar surface area (TPSA) is 38.1 Å². The van der Waals surface area contributed by atoms with Gasteiger partial charge in [-0.25, -0.2) is 4.98 Å². The number of aromatic nitrogens is 2. The van der Waals surface area contributed by atoms with Gasteiger partial charge in [0, 0.05) is 37.6 Å². The number of benzene rings is 1. The van der Waals surface area contributed by atoms with Gasteiger partial charge >= 0.3 is 0 Å². The van der Waals surface area contributed by atoms with Gasteiger partial charge in [-0.15, -0.1) is 0 Å². The molecule has 0 unspecified atom stereocenters. The van der Waals surface area contributed by atoms with Crippen molar-refractivity contribution >= 4 is 5.91 Å². The lowest BCUT2D eigenvalue weighted by Crippen LogP contribution is -2.39. The largest absolute Gasteiger partial charge is 0.339 e. The lowest BCUT2D eigenvalue weighted by Gasteiger charge is -2.32. The lowest BCUT2D eigenvalue weighted by atomic mass is 9.96. The molecule has 0 bridgehead atoms. The molecule has 0 N–H and O–H groups in total. The minimum Gasteiger partial charge on any atom is -0.339 e. The van der Waals surface area contributed by atoms with Crippen LogP contribution in [0.2, 0.25) is 0 Å². The number of hydrogen-bond acceptors (Lipinski definition) is 2. The van der Waals surface area contributed by atoms with Gasteiger partial charge in [0.2, 0.25) is 0 Å². The minimum absolute atomic E-state index is 0.166. The molecule has 1 aliphatic heterocycles. The van der Waals surface area contributed by atoms with E-state index in [9.17, 15) is 4.79 Å². The van der Waals surface area contributed by atoms with Crippen LogP contribution < -0.4 is 0 Å². The fraction of sp³-hybridized carbons (Fsp3) is 0.412. The quantitative estimate of drug-likeness (QED) is 0.868. The van der Waals surface area contributed by atoms with Gasteiger partial charge in [-0.1, -0.05) is 17.7 Å². The number of rotatable bonds is 3. The third kappa shape index (κ3) is 3.32. The van der Waals surface area contributed by atoms with Gasteiger partial charge < -0.3 is 9.47 Å². The molecule has 0 saturated carbocycles. The molecule has 1 aromatic carbocycles. The Hall–Kier alpha value is -2.10. The maximum atomic E-state index is 12.5. The molecule has 1 fully saturated rings. The van der Waals surface area contributed by atoms with E-state index in [1.807, 2.05) is 54.8 Å². The summed E-state index contributed by atoms with van der Waals surface area (Å²) in [6.07, 6.45) is 7.82. The number of likely N-dealkylation sites (tertiary alicyclic amines) is 1. The Morgan fingerprint density at radius 1 is 1.33 bits per heavy atom. The monoisotopic (exact) mass is 283 g/mol. The first-order valence-corrected chi connectivity index (χ1v) is 7.54. The standard InChI is InChI=1S/C17H21N3O/c1-14-3-2-4-16(11-14)17(21)20-8-5-15(6-9-20)12-19-10-7-18-13-19/h2-4,7,10-11,13,15H,5-6,8-9,12H2,1H3. The van der Waals surface area contributed by atoms with E-state index < -0.39 is 0 Å². The highest BCUT2D eigenvalue weighted by molar-refractivity contribution is 5.94. The zero-order valence-electron chi connectivity index (χ0n) is 12.4. The molecule has 0 aliphatic carbocycles. The van der Waals surface area contributed by atoms with Gasteiger partial charge in [-0.2, -0.15) is 0 Å². The van der Waals surface area contributed by atoms with Crippen molar-refractivity contribution in [3.8, 4) is 0 Å². The molecule has 4 nitrogen and oxygen atoms in total. The highest BCUT2D eigenvalue weighted by Crippen LogP contribution is 2.21. The minimum atomic E-state index is 0.166. The smallest absolute Gasteiger partial charge is 0.253 e. The van der Waals surface area contributed by atoms with Gasteiger partial charge in [0.05, 0.1) is 6.33 Å². The average molecular weight is 283 g/mol. The van der Waals surface area contributed by atoms with Crippen LogP contribution in [-0.4, -0.2) is 33.4 Å². The number of amides is 1. The number of carbonyl (C=O) groups is 1. The molecule has 4 heteroatoms. The van der Waals surface area contributed by atoms with Crippen molar-refractivity contribution in [1.29, 1.82) is 0 Å². The van der Waals surface area contributed by atoms with Gasteiger partial charge in [-0.3, -0.25) is 4.79 Å². The zero-order chi connectivity index (χ0) is 14.7. The van der Waals surface area contributed by atoms with Crippen LogP contribution in [-0.2, 0) is 6.54 Å². The molecule has 110 valence electrons. The summed E-state index contributed by atoms with van der Waals surface area (Å²) in [5.74, 6) is 0.806. The second-order valence-corrected chi connectivity index (χ2v) is 5.86. The highest BCUT2D eigenvalue weighted by atomic mass is 16.2. The van der Waals surface area contributed by atoms with Crippen molar-refractivity contribution in [2.75, 3.05) is 13.1 Å². The van der Waals surface area contributed by atoms with E-state index in [2.05, 4.69) is 9.55 Å². The first kappa shape index (κ1) is 13.9. The number of nitrogens with zero attached hydrogens (tertiary/aromatic N) is 3. The van der Waals surface area contributed by atoms with E-state index in [4.69, 9.17) is 0 Å². The van der Waals surface area contributed by atoms with Gasteiger partial charge in [0.15, 0.2) is 0 Å². The van der Waals surface area contributed by atoms with Gasteiger partial charge in [0.25, 0.3) is 5.91 Å². The molecule has 3 rings (SSSR count). The Balaban J connectivity index is 1.57. The molecule has 0 atom stereocenters. The maximum Gasteiger partial charge on any atom is 0.253 e. The molecule has 0 radical (unpaired) electrons. The summed E-state index contributed by atoms with van der Waals surface area (Å²) in [4.78, 5) is 18.5. The summed E-state index contributed by atoms with van der Waals surface area (Å²) < 4.78 is 2.13. The first-order chi connectivity index (χ1) is 10.2. The van der Waals surface area contributed by atoms with Gasteiger partial charge in [-0.05, 0) is 37.8 Å². The normalized spacial score (nSPS) is 16.1. The molecule has 1 aromatic heterocycles. The number of aryl methyl sites for hydroxylation is 1. The van der Waals surface area contributed by atoms with E-state index in [-0.39, 0.29) is 5.91 Å². The number of hydrogen-bond donors (Lipinski definition) is 0. The van der Waals surface area contributed by atoms with E-state index in [0.717, 1.165) is 43.6 Å². The molecule has 1 saturated heterocycles. The van der Waals surface area contributed by atoms with Crippen molar-refractivity contribution in [2.45, 2.75) is 26.3 Å². The second kappa shape index (κ2) is 6.12. The molecule has 2 aromatic rings. The van der Waals surface area contributed by atoms with Crippen molar-refractivity contribution in [2.24, 2.45) is 5.92 Å². The predicted molar refractivity (Wildman–Crippen MR) is 82.0 cm³/mol. The SMILES string of the molecule is Cc1cccc(C(=O)N2CCC(Cn3ccnc3)CC2)c1. The fourth-order valence-corrected chi connectivity index (χ4v) is 2.97. The molecular formula is C17H21N3O. The highest BCUT2D eigenvalue weighted by Gasteiger charge is 2.23. The molecular weight excluding hydrogens is 262 g/mol. The van der Waals surface area contributed by atoms with Crippen LogP contribution in [0.4, 0.5) is 0 Å². The summed E-state index contributed by atoms with van der Waals surface area (Å²) >= 11 is 0. The van der Waals surface area contributed by atoms with Crippen molar-refractivity contribution in [3.05, 3.63) is 54.1 Å². The average Bonchev–Trinajstić information content (AvgIpc) is 3.00. The van der Waals surface area contributed by atoms with Crippen molar-refractivity contribution in [1.82, 2.24) is 14.5 Å². The number of carbonyl (C=O) groups excluding carboxylic acids is 1. The Labute approximate surface area is 125 Å². The van der Waals surface area contributed by atoms with Crippen LogP contribution in [0.25, 0.3) is 0 Å². The number of piperidine rings is 1. The lowest BCUT2D eigenvalue weighted by molar-refractivity contribution is 0.0683. The summed E-state index contributed by atoms with van der Waals surface area (Å²) in [5.41, 5.74) is 1.94. The van der Waals surface area contributed by atoms with E-state index in [1.54, 1.807) is 0 Å². The van der Waals surface area contributed by atoms with Crippen molar-refractivity contribution in [3.63, 3.8) is 0 Å². The molecule has 21 heavy (non-hydrogen) atoms. The van der Waals surface area contributed by atoms with Crippen molar-refractivity contribution < 1.29 is 4.79 Å². The molecule has 1 amide bonds. The van der Waals surface area contributed by atoms with Crippen LogP contribution in [0.15, 0.2) is 43.0 Å². The first-order valence-electron chi connectivity index (χ1n) is 7.54.